The fourth-order valence-electron chi connectivity index (χ4n) is 3.34. The van der Waals surface area contributed by atoms with Crippen LogP contribution in [0.5, 0.6) is 5.75 Å². The van der Waals surface area contributed by atoms with E-state index in [1.807, 2.05) is 19.1 Å². The zero-order chi connectivity index (χ0) is 23.0. The Labute approximate surface area is 181 Å². The number of fused-ring (bicyclic) bond motifs is 1. The number of hydrogen-bond acceptors (Lipinski definition) is 9. The van der Waals surface area contributed by atoms with Crippen molar-refractivity contribution in [2.45, 2.75) is 19.9 Å². The fourth-order valence-corrected chi connectivity index (χ4v) is 3.34. The molecular weight excluding hydrogens is 412 g/mol. The van der Waals surface area contributed by atoms with Crippen LogP contribution in [0.1, 0.15) is 40.3 Å². The molecule has 11 heteroatoms. The predicted octanol–water partition coefficient (Wildman–Crippen LogP) is 2.53. The number of carbonyl (C=O) groups is 1. The number of nitrogens with two attached hydrogens (primary N) is 1. The molecule has 0 bridgehead atoms. The average Bonchev–Trinajstić information content (AvgIpc) is 3.13. The smallest absolute Gasteiger partial charge is 0.335 e. The SMILES string of the molecule is Cc1ccn2nc(C(C)Nc3ncnc(N)c3C#N)nc(-c3cc(O)cc(C(=O)O)c3)c12. The number of aryl methyl sites for hydroxylation is 1. The van der Waals surface area contributed by atoms with E-state index in [0.29, 0.717) is 22.6 Å². The van der Waals surface area contributed by atoms with Gasteiger partial charge >= 0.3 is 5.97 Å². The number of carboxylic acids is 1. The number of benzene rings is 1. The second-order valence-electron chi connectivity index (χ2n) is 7.14. The highest BCUT2D eigenvalue weighted by atomic mass is 16.4. The van der Waals surface area contributed by atoms with Gasteiger partial charge in [-0.05, 0) is 43.7 Å². The van der Waals surface area contributed by atoms with Crippen molar-refractivity contribution in [1.82, 2.24) is 24.6 Å². The van der Waals surface area contributed by atoms with E-state index in [9.17, 15) is 20.3 Å². The van der Waals surface area contributed by atoms with Crippen LogP contribution in [0.3, 0.4) is 0 Å². The summed E-state index contributed by atoms with van der Waals surface area (Å²) in [5, 5.41) is 36.4. The summed E-state index contributed by atoms with van der Waals surface area (Å²) < 4.78 is 1.63. The maximum absolute atomic E-state index is 11.5. The van der Waals surface area contributed by atoms with Crippen molar-refractivity contribution in [3.05, 3.63) is 59.3 Å². The van der Waals surface area contributed by atoms with Gasteiger partial charge in [0.25, 0.3) is 0 Å². The van der Waals surface area contributed by atoms with Gasteiger partial charge < -0.3 is 21.3 Å². The Morgan fingerprint density at radius 2 is 2.09 bits per heavy atom. The summed E-state index contributed by atoms with van der Waals surface area (Å²) in [6, 6.07) is 7.39. The molecule has 0 aliphatic heterocycles. The molecule has 1 atom stereocenters. The number of nitrogens with one attached hydrogen (secondary N) is 1. The van der Waals surface area contributed by atoms with Crippen molar-refractivity contribution in [3.63, 3.8) is 0 Å². The van der Waals surface area contributed by atoms with E-state index in [1.165, 1.54) is 24.5 Å². The van der Waals surface area contributed by atoms with Gasteiger partial charge in [0.2, 0.25) is 0 Å². The number of nitrogen functional groups attached to an aromatic ring is 1. The number of hydrogen-bond donors (Lipinski definition) is 4. The highest BCUT2D eigenvalue weighted by Gasteiger charge is 2.20. The minimum atomic E-state index is -1.17. The normalized spacial score (nSPS) is 11.8. The van der Waals surface area contributed by atoms with E-state index >= 15 is 0 Å². The molecule has 1 unspecified atom stereocenters. The van der Waals surface area contributed by atoms with E-state index < -0.39 is 12.0 Å². The number of carboxylic acid groups (broad SMARTS) is 1. The largest absolute Gasteiger partial charge is 0.508 e. The van der Waals surface area contributed by atoms with Crippen molar-refractivity contribution < 1.29 is 15.0 Å². The first-order valence-corrected chi connectivity index (χ1v) is 9.49. The summed E-state index contributed by atoms with van der Waals surface area (Å²) in [4.78, 5) is 24.0. The maximum atomic E-state index is 11.5. The predicted molar refractivity (Wildman–Crippen MR) is 115 cm³/mol. The molecule has 0 aliphatic rings. The summed E-state index contributed by atoms with van der Waals surface area (Å²) in [5.41, 5.74) is 8.22. The summed E-state index contributed by atoms with van der Waals surface area (Å²) in [6.07, 6.45) is 3.01. The van der Waals surface area contributed by atoms with Gasteiger partial charge in [0.1, 0.15) is 35.3 Å². The molecular formula is C21H18N8O3. The van der Waals surface area contributed by atoms with Gasteiger partial charge in [0, 0.05) is 11.8 Å². The Hall–Kier alpha value is -4.72. The fraction of sp³-hybridized carbons (Fsp3) is 0.143. The molecule has 0 aliphatic carbocycles. The quantitative estimate of drug-likeness (QED) is 0.368. The Balaban J connectivity index is 1.85. The molecule has 4 aromatic rings. The lowest BCUT2D eigenvalue weighted by Gasteiger charge is -2.16. The van der Waals surface area contributed by atoms with Crippen LogP contribution in [0.15, 0.2) is 36.8 Å². The molecule has 0 spiro atoms. The Morgan fingerprint density at radius 3 is 2.81 bits per heavy atom. The van der Waals surface area contributed by atoms with E-state index in [1.54, 1.807) is 17.6 Å². The van der Waals surface area contributed by atoms with Crippen LogP contribution in [0.25, 0.3) is 16.8 Å². The zero-order valence-corrected chi connectivity index (χ0v) is 17.1. The molecule has 5 N–H and O–H groups in total. The number of phenols is 1. The molecule has 160 valence electrons. The van der Waals surface area contributed by atoms with Crippen LogP contribution in [-0.4, -0.2) is 40.7 Å². The molecule has 1 aromatic carbocycles. The molecule has 0 amide bonds. The molecule has 0 fully saturated rings. The lowest BCUT2D eigenvalue weighted by molar-refractivity contribution is 0.0696. The van der Waals surface area contributed by atoms with Gasteiger partial charge in [-0.3, -0.25) is 0 Å². The third kappa shape index (κ3) is 3.61. The highest BCUT2D eigenvalue weighted by molar-refractivity contribution is 5.91. The molecule has 0 saturated heterocycles. The first-order valence-electron chi connectivity index (χ1n) is 9.49. The van der Waals surface area contributed by atoms with Crippen LogP contribution in [0, 0.1) is 18.3 Å². The molecule has 0 radical (unpaired) electrons. The van der Waals surface area contributed by atoms with Gasteiger partial charge in [0.15, 0.2) is 5.82 Å². The Morgan fingerprint density at radius 1 is 1.31 bits per heavy atom. The first-order chi connectivity index (χ1) is 15.3. The van der Waals surface area contributed by atoms with Gasteiger partial charge in [-0.1, -0.05) is 0 Å². The van der Waals surface area contributed by atoms with Gasteiger partial charge in [-0.25, -0.2) is 24.3 Å². The lowest BCUT2D eigenvalue weighted by atomic mass is 10.1. The number of nitriles is 1. The molecule has 3 aromatic heterocycles. The third-order valence-electron chi connectivity index (χ3n) is 4.90. The van der Waals surface area contributed by atoms with Crippen LogP contribution in [0.4, 0.5) is 11.6 Å². The summed E-state index contributed by atoms with van der Waals surface area (Å²) in [6.45, 7) is 3.67. The summed E-state index contributed by atoms with van der Waals surface area (Å²) in [5.74, 6) is -0.712. The number of phenolic OH excluding ortho intramolecular Hbond substituents is 1. The van der Waals surface area contributed by atoms with Crippen LogP contribution in [-0.2, 0) is 0 Å². The van der Waals surface area contributed by atoms with Crippen molar-refractivity contribution in [1.29, 1.82) is 5.26 Å². The van der Waals surface area contributed by atoms with Gasteiger partial charge in [0.05, 0.1) is 22.8 Å². The number of aromatic carboxylic acids is 1. The molecule has 11 nitrogen and oxygen atoms in total. The third-order valence-corrected chi connectivity index (χ3v) is 4.90. The molecule has 32 heavy (non-hydrogen) atoms. The second-order valence-corrected chi connectivity index (χ2v) is 7.14. The minimum absolute atomic E-state index is 0.0521. The highest BCUT2D eigenvalue weighted by Crippen LogP contribution is 2.31. The van der Waals surface area contributed by atoms with Gasteiger partial charge in [-0.15, -0.1) is 0 Å². The zero-order valence-electron chi connectivity index (χ0n) is 17.1. The lowest BCUT2D eigenvalue weighted by Crippen LogP contribution is -2.16. The first kappa shape index (κ1) is 20.5. The van der Waals surface area contributed by atoms with E-state index in [-0.39, 0.29) is 28.5 Å². The topological polar surface area (TPSA) is 175 Å². The van der Waals surface area contributed by atoms with Gasteiger partial charge in [-0.2, -0.15) is 10.4 Å². The number of anilines is 2. The molecule has 0 saturated carbocycles. The number of aromatic hydroxyl groups is 1. The van der Waals surface area contributed by atoms with Crippen molar-refractivity contribution >= 4 is 23.1 Å². The number of rotatable bonds is 5. The van der Waals surface area contributed by atoms with Crippen LogP contribution in [0.2, 0.25) is 0 Å². The Bertz CT molecular complexity index is 1410. The van der Waals surface area contributed by atoms with Crippen LogP contribution >= 0.6 is 0 Å². The Kier molecular flexibility index (Phi) is 5.04. The number of nitrogens with zero attached hydrogens (tertiary/aromatic N) is 6. The van der Waals surface area contributed by atoms with E-state index in [0.717, 1.165) is 5.56 Å². The van der Waals surface area contributed by atoms with E-state index in [4.69, 9.17) is 5.73 Å². The van der Waals surface area contributed by atoms with Crippen molar-refractivity contribution in [3.8, 4) is 23.1 Å². The van der Waals surface area contributed by atoms with E-state index in [2.05, 4.69) is 25.4 Å². The number of aromatic nitrogens is 5. The molecule has 3 heterocycles. The monoisotopic (exact) mass is 430 g/mol. The summed E-state index contributed by atoms with van der Waals surface area (Å²) in [7, 11) is 0. The standard InChI is InChI=1S/C21H18N8O3/c1-10-3-4-29-17(10)16(12-5-13(21(31)32)7-14(30)6-12)27-19(28-29)11(2)26-20-15(8-22)18(23)24-9-25-20/h3-7,9,11,30H,1-2H3,(H,31,32)(H3,23,24,25,26). The summed E-state index contributed by atoms with van der Waals surface area (Å²) >= 11 is 0. The average molecular weight is 430 g/mol. The minimum Gasteiger partial charge on any atom is -0.508 e. The maximum Gasteiger partial charge on any atom is 0.335 e. The second kappa shape index (κ2) is 7.84. The molecule has 4 rings (SSSR count). The van der Waals surface area contributed by atoms with Crippen LogP contribution < -0.4 is 11.1 Å². The van der Waals surface area contributed by atoms with Crippen molar-refractivity contribution in [2.24, 2.45) is 0 Å². The van der Waals surface area contributed by atoms with Crippen molar-refractivity contribution in [2.75, 3.05) is 11.1 Å².